The average Bonchev–Trinajstić information content (AvgIpc) is 2.79. The van der Waals surface area contributed by atoms with E-state index in [1.54, 1.807) is 0 Å². The summed E-state index contributed by atoms with van der Waals surface area (Å²) in [6, 6.07) is 0. The van der Waals surface area contributed by atoms with Crippen LogP contribution in [-0.2, 0) is 19.5 Å². The standard InChI is InChI=1S/C16H31N2/c1-4-7-8-9-10-11-12-13-18-15-14-17(6-3)16(18)5-2/h14-15H,4-13H2,1-3H3/q+1. The van der Waals surface area contributed by atoms with Crippen molar-refractivity contribution in [1.29, 1.82) is 0 Å². The Morgan fingerprint density at radius 2 is 1.61 bits per heavy atom. The third-order valence-electron chi connectivity index (χ3n) is 3.75. The summed E-state index contributed by atoms with van der Waals surface area (Å²) in [4.78, 5) is 0. The summed E-state index contributed by atoms with van der Waals surface area (Å²) >= 11 is 0. The molecule has 1 aromatic heterocycles. The van der Waals surface area contributed by atoms with Crippen LogP contribution in [-0.4, -0.2) is 4.57 Å². The fraction of sp³-hybridized carbons (Fsp3) is 0.812. The molecule has 0 saturated carbocycles. The Labute approximate surface area is 113 Å². The predicted octanol–water partition coefficient (Wildman–Crippen LogP) is 4.11. The van der Waals surface area contributed by atoms with Crippen molar-refractivity contribution in [1.82, 2.24) is 4.57 Å². The molecule has 0 unspecified atom stereocenters. The lowest BCUT2D eigenvalue weighted by atomic mass is 10.1. The summed E-state index contributed by atoms with van der Waals surface area (Å²) in [5, 5.41) is 0. The summed E-state index contributed by atoms with van der Waals surface area (Å²) in [6.07, 6.45) is 15.3. The van der Waals surface area contributed by atoms with Crippen LogP contribution in [0.4, 0.5) is 0 Å². The topological polar surface area (TPSA) is 8.81 Å². The average molecular weight is 251 g/mol. The van der Waals surface area contributed by atoms with Gasteiger partial charge in [-0.25, -0.2) is 9.13 Å². The van der Waals surface area contributed by atoms with Gasteiger partial charge in [0.05, 0.1) is 13.1 Å². The minimum absolute atomic E-state index is 1.09. The molecule has 0 aliphatic carbocycles. The van der Waals surface area contributed by atoms with Crippen molar-refractivity contribution in [3.63, 3.8) is 0 Å². The molecule has 1 aromatic rings. The second-order valence-corrected chi connectivity index (χ2v) is 5.17. The number of unbranched alkanes of at least 4 members (excludes halogenated alkanes) is 6. The summed E-state index contributed by atoms with van der Waals surface area (Å²) < 4.78 is 4.80. The second-order valence-electron chi connectivity index (χ2n) is 5.17. The first-order valence-electron chi connectivity index (χ1n) is 7.90. The zero-order valence-electron chi connectivity index (χ0n) is 12.6. The van der Waals surface area contributed by atoms with Gasteiger partial charge in [-0.05, 0) is 19.8 Å². The molecule has 0 atom stereocenters. The van der Waals surface area contributed by atoms with Crippen molar-refractivity contribution >= 4 is 0 Å². The van der Waals surface area contributed by atoms with Crippen molar-refractivity contribution in [3.05, 3.63) is 18.2 Å². The molecule has 0 radical (unpaired) electrons. The monoisotopic (exact) mass is 251 g/mol. The van der Waals surface area contributed by atoms with Crippen LogP contribution in [0.2, 0.25) is 0 Å². The molecule has 18 heavy (non-hydrogen) atoms. The molecule has 0 bridgehead atoms. The molecule has 2 nitrogen and oxygen atoms in total. The molecule has 0 aliphatic rings. The smallest absolute Gasteiger partial charge is 0.235 e. The van der Waals surface area contributed by atoms with Crippen LogP contribution >= 0.6 is 0 Å². The van der Waals surface area contributed by atoms with E-state index in [9.17, 15) is 0 Å². The van der Waals surface area contributed by atoms with Gasteiger partial charge in [-0.1, -0.05) is 46.0 Å². The van der Waals surface area contributed by atoms with E-state index < -0.39 is 0 Å². The lowest BCUT2D eigenvalue weighted by molar-refractivity contribution is -0.704. The quantitative estimate of drug-likeness (QED) is 0.437. The predicted molar refractivity (Wildman–Crippen MR) is 77.7 cm³/mol. The molecule has 104 valence electrons. The fourth-order valence-electron chi connectivity index (χ4n) is 2.63. The van der Waals surface area contributed by atoms with Crippen molar-refractivity contribution in [3.8, 4) is 0 Å². The number of aryl methyl sites for hydroxylation is 2. The highest BCUT2D eigenvalue weighted by Gasteiger charge is 2.12. The number of hydrogen-bond donors (Lipinski definition) is 0. The summed E-state index contributed by atoms with van der Waals surface area (Å²) in [7, 11) is 0. The Hall–Kier alpha value is -0.790. The summed E-state index contributed by atoms with van der Waals surface area (Å²) in [6.45, 7) is 9.04. The first-order chi connectivity index (χ1) is 8.83. The summed E-state index contributed by atoms with van der Waals surface area (Å²) in [5.74, 6) is 1.48. The molecule has 1 rings (SSSR count). The highest BCUT2D eigenvalue weighted by atomic mass is 15.1. The number of aromatic nitrogens is 2. The van der Waals surface area contributed by atoms with Gasteiger partial charge in [-0.2, -0.15) is 0 Å². The Morgan fingerprint density at radius 3 is 2.22 bits per heavy atom. The number of nitrogens with zero attached hydrogens (tertiary/aromatic N) is 2. The van der Waals surface area contributed by atoms with E-state index in [1.807, 2.05) is 0 Å². The highest BCUT2D eigenvalue weighted by Crippen LogP contribution is 2.07. The minimum Gasteiger partial charge on any atom is -0.235 e. The number of imidazole rings is 1. The maximum Gasteiger partial charge on any atom is 0.256 e. The molecular weight excluding hydrogens is 220 g/mol. The van der Waals surface area contributed by atoms with Gasteiger partial charge in [0.25, 0.3) is 5.82 Å². The summed E-state index contributed by atoms with van der Waals surface area (Å²) in [5.41, 5.74) is 0. The van der Waals surface area contributed by atoms with E-state index in [-0.39, 0.29) is 0 Å². The van der Waals surface area contributed by atoms with E-state index in [4.69, 9.17) is 0 Å². The Balaban J connectivity index is 2.21. The Morgan fingerprint density at radius 1 is 0.944 bits per heavy atom. The Bertz CT molecular complexity index is 315. The largest absolute Gasteiger partial charge is 0.256 e. The molecule has 2 heteroatoms. The van der Waals surface area contributed by atoms with Crippen LogP contribution in [0, 0.1) is 0 Å². The molecular formula is C16H31N2+. The van der Waals surface area contributed by atoms with E-state index in [1.165, 1.54) is 57.3 Å². The van der Waals surface area contributed by atoms with Gasteiger partial charge < -0.3 is 0 Å². The van der Waals surface area contributed by atoms with Gasteiger partial charge in [0, 0.05) is 6.42 Å². The third-order valence-corrected chi connectivity index (χ3v) is 3.75. The van der Waals surface area contributed by atoms with Crippen molar-refractivity contribution in [2.45, 2.75) is 85.2 Å². The molecule has 0 aliphatic heterocycles. The molecule has 0 aromatic carbocycles. The van der Waals surface area contributed by atoms with Gasteiger partial charge in [0.1, 0.15) is 12.4 Å². The van der Waals surface area contributed by atoms with Crippen LogP contribution in [0.25, 0.3) is 0 Å². The van der Waals surface area contributed by atoms with Crippen LogP contribution in [0.15, 0.2) is 12.4 Å². The number of rotatable bonds is 10. The van der Waals surface area contributed by atoms with Gasteiger partial charge in [-0.3, -0.25) is 0 Å². The fourth-order valence-corrected chi connectivity index (χ4v) is 2.63. The van der Waals surface area contributed by atoms with Crippen LogP contribution in [0.5, 0.6) is 0 Å². The zero-order chi connectivity index (χ0) is 13.2. The van der Waals surface area contributed by atoms with E-state index in [0.29, 0.717) is 0 Å². The van der Waals surface area contributed by atoms with Gasteiger partial charge in [0.15, 0.2) is 0 Å². The molecule has 0 saturated heterocycles. The molecule has 0 fully saturated rings. The van der Waals surface area contributed by atoms with Crippen LogP contribution in [0.3, 0.4) is 0 Å². The lowest BCUT2D eigenvalue weighted by Crippen LogP contribution is -2.37. The third kappa shape index (κ3) is 4.83. The van der Waals surface area contributed by atoms with E-state index in [0.717, 1.165) is 13.0 Å². The van der Waals surface area contributed by atoms with E-state index in [2.05, 4.69) is 42.3 Å². The Kier molecular flexibility index (Phi) is 7.79. The molecule has 1 heterocycles. The van der Waals surface area contributed by atoms with Crippen LogP contribution < -0.4 is 4.57 Å². The van der Waals surface area contributed by atoms with Crippen molar-refractivity contribution < 1.29 is 4.57 Å². The maximum absolute atomic E-state index is 2.44. The van der Waals surface area contributed by atoms with Gasteiger partial charge in [0.2, 0.25) is 0 Å². The molecule has 0 amide bonds. The normalized spacial score (nSPS) is 11.1. The first kappa shape index (κ1) is 15.3. The SMILES string of the molecule is CCCCCCCCC[n+]1ccn(CC)c1CC. The highest BCUT2D eigenvalue weighted by molar-refractivity contribution is 4.82. The van der Waals surface area contributed by atoms with Crippen molar-refractivity contribution in [2.24, 2.45) is 0 Å². The second kappa shape index (κ2) is 9.18. The molecule has 0 spiro atoms. The lowest BCUT2D eigenvalue weighted by Gasteiger charge is -2.03. The zero-order valence-corrected chi connectivity index (χ0v) is 12.6. The van der Waals surface area contributed by atoms with E-state index >= 15 is 0 Å². The minimum atomic E-state index is 1.09. The van der Waals surface area contributed by atoms with Crippen LogP contribution in [0.1, 0.15) is 71.5 Å². The van der Waals surface area contributed by atoms with Crippen molar-refractivity contribution in [2.75, 3.05) is 0 Å². The number of hydrogen-bond acceptors (Lipinski definition) is 0. The van der Waals surface area contributed by atoms with Gasteiger partial charge in [-0.15, -0.1) is 0 Å². The maximum atomic E-state index is 2.44. The van der Waals surface area contributed by atoms with Gasteiger partial charge >= 0.3 is 0 Å². The first-order valence-corrected chi connectivity index (χ1v) is 7.90. The molecule has 0 N–H and O–H groups in total.